The lowest BCUT2D eigenvalue weighted by Crippen LogP contribution is -2.30. The van der Waals surface area contributed by atoms with Gasteiger partial charge in [0, 0.05) is 12.5 Å². The Labute approximate surface area is 101 Å². The average Bonchev–Trinajstić information content (AvgIpc) is 2.90. The number of benzene rings is 1. The van der Waals surface area contributed by atoms with Gasteiger partial charge in [-0.2, -0.15) is 5.10 Å². The third-order valence-electron chi connectivity index (χ3n) is 3.24. The molecule has 4 heteroatoms. The maximum atomic E-state index is 4.43. The number of hydrogen-bond donors (Lipinski definition) is 1. The molecule has 1 aromatic carbocycles. The van der Waals surface area contributed by atoms with Gasteiger partial charge in [-0.3, -0.25) is 0 Å². The molecule has 0 radical (unpaired) electrons. The van der Waals surface area contributed by atoms with E-state index in [-0.39, 0.29) is 0 Å². The first-order chi connectivity index (χ1) is 8.45. The molecule has 1 aliphatic heterocycles. The summed E-state index contributed by atoms with van der Waals surface area (Å²) in [5.74, 6) is 1.55. The molecule has 0 amide bonds. The first-order valence-electron chi connectivity index (χ1n) is 6.11. The van der Waals surface area contributed by atoms with Crippen LogP contribution >= 0.6 is 0 Å². The van der Waals surface area contributed by atoms with E-state index in [4.69, 9.17) is 0 Å². The van der Waals surface area contributed by atoms with Gasteiger partial charge < -0.3 is 5.32 Å². The molecule has 1 unspecified atom stereocenters. The number of aromatic nitrogens is 3. The molecule has 1 atom stereocenters. The zero-order chi connectivity index (χ0) is 11.5. The molecule has 2 heterocycles. The summed E-state index contributed by atoms with van der Waals surface area (Å²) in [5.41, 5.74) is 1.09. The first-order valence-corrected chi connectivity index (χ1v) is 6.11. The first kappa shape index (κ1) is 10.5. The predicted octanol–water partition coefficient (Wildman–Crippen LogP) is 1.73. The molecule has 1 N–H and O–H groups in total. The minimum atomic E-state index is 0.478. The summed E-state index contributed by atoms with van der Waals surface area (Å²) in [6.07, 6.45) is 4.06. The number of piperidine rings is 1. The van der Waals surface area contributed by atoms with Crippen LogP contribution in [-0.4, -0.2) is 27.9 Å². The molecule has 1 saturated heterocycles. The van der Waals surface area contributed by atoms with Gasteiger partial charge >= 0.3 is 0 Å². The zero-order valence-electron chi connectivity index (χ0n) is 9.71. The molecule has 0 spiro atoms. The second-order valence-corrected chi connectivity index (χ2v) is 4.41. The number of hydrogen-bond acceptors (Lipinski definition) is 3. The van der Waals surface area contributed by atoms with Crippen LogP contribution in [-0.2, 0) is 0 Å². The third-order valence-corrected chi connectivity index (χ3v) is 3.24. The van der Waals surface area contributed by atoms with Crippen molar-refractivity contribution in [3.63, 3.8) is 0 Å². The van der Waals surface area contributed by atoms with Crippen molar-refractivity contribution < 1.29 is 0 Å². The van der Waals surface area contributed by atoms with Crippen LogP contribution in [0.3, 0.4) is 0 Å². The van der Waals surface area contributed by atoms with E-state index in [2.05, 4.69) is 27.5 Å². The standard InChI is InChI=1S/C13H16N4/c1-2-6-12(7-3-1)17-13(15-10-16-17)11-5-4-8-14-9-11/h1-3,6-7,10-11,14H,4-5,8-9H2. The minimum Gasteiger partial charge on any atom is -0.316 e. The Morgan fingerprint density at radius 1 is 1.24 bits per heavy atom. The van der Waals surface area contributed by atoms with Crippen LogP contribution in [0, 0.1) is 0 Å². The molecule has 2 aromatic rings. The van der Waals surface area contributed by atoms with Crippen molar-refractivity contribution in [1.82, 2.24) is 20.1 Å². The van der Waals surface area contributed by atoms with Crippen LogP contribution in [0.2, 0.25) is 0 Å². The minimum absolute atomic E-state index is 0.478. The van der Waals surface area contributed by atoms with Gasteiger partial charge in [-0.05, 0) is 31.5 Å². The molecule has 88 valence electrons. The molecule has 0 bridgehead atoms. The van der Waals surface area contributed by atoms with E-state index in [0.29, 0.717) is 5.92 Å². The fraction of sp³-hybridized carbons (Fsp3) is 0.385. The topological polar surface area (TPSA) is 42.7 Å². The van der Waals surface area contributed by atoms with Crippen molar-refractivity contribution in [3.05, 3.63) is 42.5 Å². The van der Waals surface area contributed by atoms with E-state index in [0.717, 1.165) is 24.6 Å². The van der Waals surface area contributed by atoms with E-state index >= 15 is 0 Å². The second-order valence-electron chi connectivity index (χ2n) is 4.41. The van der Waals surface area contributed by atoms with Crippen LogP contribution in [0.25, 0.3) is 5.69 Å². The molecule has 4 nitrogen and oxygen atoms in total. The predicted molar refractivity (Wildman–Crippen MR) is 66.2 cm³/mol. The van der Waals surface area contributed by atoms with E-state index in [1.165, 1.54) is 12.8 Å². The van der Waals surface area contributed by atoms with Gasteiger partial charge in [0.25, 0.3) is 0 Å². The summed E-state index contributed by atoms with van der Waals surface area (Å²) < 4.78 is 1.96. The second kappa shape index (κ2) is 4.67. The monoisotopic (exact) mass is 228 g/mol. The molecule has 1 aliphatic rings. The Kier molecular flexibility index (Phi) is 2.88. The van der Waals surface area contributed by atoms with Gasteiger partial charge in [0.15, 0.2) is 0 Å². The summed E-state index contributed by atoms with van der Waals surface area (Å²) in [5, 5.41) is 7.76. The van der Waals surface area contributed by atoms with Gasteiger partial charge in [0.05, 0.1) is 5.69 Å². The van der Waals surface area contributed by atoms with Crippen molar-refractivity contribution >= 4 is 0 Å². The lowest BCUT2D eigenvalue weighted by molar-refractivity contribution is 0.440. The molecule has 0 aliphatic carbocycles. The van der Waals surface area contributed by atoms with Gasteiger partial charge in [-0.15, -0.1) is 0 Å². The highest BCUT2D eigenvalue weighted by molar-refractivity contribution is 5.31. The van der Waals surface area contributed by atoms with Crippen LogP contribution in [0.15, 0.2) is 36.7 Å². The van der Waals surface area contributed by atoms with E-state index in [9.17, 15) is 0 Å². The summed E-state index contributed by atoms with van der Waals surface area (Å²) in [6.45, 7) is 2.13. The van der Waals surface area contributed by atoms with E-state index in [1.54, 1.807) is 6.33 Å². The Hall–Kier alpha value is -1.68. The van der Waals surface area contributed by atoms with Crippen molar-refractivity contribution in [2.24, 2.45) is 0 Å². The average molecular weight is 228 g/mol. The molecule has 17 heavy (non-hydrogen) atoms. The highest BCUT2D eigenvalue weighted by atomic mass is 15.3. The SMILES string of the molecule is c1ccc(-n2ncnc2C2CCCNC2)cc1. The summed E-state index contributed by atoms with van der Waals surface area (Å²) in [4.78, 5) is 4.43. The summed E-state index contributed by atoms with van der Waals surface area (Å²) in [7, 11) is 0. The number of para-hydroxylation sites is 1. The molecule has 1 aromatic heterocycles. The highest BCUT2D eigenvalue weighted by Gasteiger charge is 2.20. The number of nitrogens with one attached hydrogen (secondary N) is 1. The number of nitrogens with zero attached hydrogens (tertiary/aromatic N) is 3. The van der Waals surface area contributed by atoms with Crippen molar-refractivity contribution in [1.29, 1.82) is 0 Å². The normalized spacial score (nSPS) is 20.4. The summed E-state index contributed by atoms with van der Waals surface area (Å²) in [6, 6.07) is 10.2. The summed E-state index contributed by atoms with van der Waals surface area (Å²) >= 11 is 0. The zero-order valence-corrected chi connectivity index (χ0v) is 9.71. The Morgan fingerprint density at radius 3 is 2.88 bits per heavy atom. The molecule has 3 rings (SSSR count). The third kappa shape index (κ3) is 2.08. The molecular weight excluding hydrogens is 212 g/mol. The van der Waals surface area contributed by atoms with Gasteiger partial charge in [-0.25, -0.2) is 9.67 Å². The maximum Gasteiger partial charge on any atom is 0.138 e. The van der Waals surface area contributed by atoms with E-state index in [1.807, 2.05) is 22.9 Å². The smallest absolute Gasteiger partial charge is 0.138 e. The molecule has 0 saturated carbocycles. The van der Waals surface area contributed by atoms with Crippen LogP contribution in [0.4, 0.5) is 0 Å². The van der Waals surface area contributed by atoms with E-state index < -0.39 is 0 Å². The lowest BCUT2D eigenvalue weighted by Gasteiger charge is -2.22. The molecule has 1 fully saturated rings. The van der Waals surface area contributed by atoms with Crippen LogP contribution in [0.5, 0.6) is 0 Å². The van der Waals surface area contributed by atoms with Gasteiger partial charge in [0.2, 0.25) is 0 Å². The Balaban J connectivity index is 1.93. The molecular formula is C13H16N4. The van der Waals surface area contributed by atoms with Crippen molar-refractivity contribution in [2.75, 3.05) is 13.1 Å². The van der Waals surface area contributed by atoms with Gasteiger partial charge in [-0.1, -0.05) is 18.2 Å². The number of rotatable bonds is 2. The van der Waals surface area contributed by atoms with Crippen molar-refractivity contribution in [3.8, 4) is 5.69 Å². The van der Waals surface area contributed by atoms with Crippen LogP contribution < -0.4 is 5.32 Å². The van der Waals surface area contributed by atoms with Gasteiger partial charge in [0.1, 0.15) is 12.2 Å². The highest BCUT2D eigenvalue weighted by Crippen LogP contribution is 2.22. The fourth-order valence-corrected chi connectivity index (χ4v) is 2.37. The Morgan fingerprint density at radius 2 is 2.12 bits per heavy atom. The quantitative estimate of drug-likeness (QED) is 0.851. The largest absolute Gasteiger partial charge is 0.316 e. The van der Waals surface area contributed by atoms with Crippen molar-refractivity contribution in [2.45, 2.75) is 18.8 Å². The Bertz CT molecular complexity index is 471. The van der Waals surface area contributed by atoms with Crippen LogP contribution in [0.1, 0.15) is 24.6 Å². The fourth-order valence-electron chi connectivity index (χ4n) is 2.37. The lowest BCUT2D eigenvalue weighted by atomic mass is 9.99. The maximum absolute atomic E-state index is 4.43.